The quantitative estimate of drug-likeness (QED) is 0.0844. The maximum atomic E-state index is 7.02. The van der Waals surface area contributed by atoms with E-state index < -0.39 is 0 Å². The first-order chi connectivity index (χ1) is 27.0. The van der Waals surface area contributed by atoms with Gasteiger partial charge in [0, 0.05) is 36.6 Å². The molecule has 0 spiro atoms. The summed E-state index contributed by atoms with van der Waals surface area (Å²) in [5.74, 6) is 6.49. The predicted octanol–water partition coefficient (Wildman–Crippen LogP) is 13.5. The summed E-state index contributed by atoms with van der Waals surface area (Å²) in [7, 11) is 0. The number of aryl methyl sites for hydroxylation is 4. The number of aromatic nitrogens is 4. The molecule has 2 saturated carbocycles. The van der Waals surface area contributed by atoms with E-state index in [2.05, 4.69) is 88.9 Å². The number of rotatable bonds is 20. The molecule has 55 heavy (non-hydrogen) atoms. The Balaban J connectivity index is 1.09. The van der Waals surface area contributed by atoms with Crippen LogP contribution in [0.1, 0.15) is 187 Å². The first-order valence-electron chi connectivity index (χ1n) is 22.6. The van der Waals surface area contributed by atoms with Gasteiger partial charge >= 0.3 is 0 Å². The maximum Gasteiger partial charge on any atom is 0.131 e. The average Bonchev–Trinajstić information content (AvgIpc) is 3.21. The Morgan fingerprint density at radius 1 is 0.455 bits per heavy atom. The van der Waals surface area contributed by atoms with Crippen molar-refractivity contribution in [3.63, 3.8) is 0 Å². The molecule has 2 aliphatic carbocycles. The lowest BCUT2D eigenvalue weighted by atomic mass is 9.78. The van der Waals surface area contributed by atoms with Crippen LogP contribution in [0.25, 0.3) is 0 Å². The highest BCUT2D eigenvalue weighted by molar-refractivity contribution is 5.45. The molecule has 0 saturated heterocycles. The lowest BCUT2D eigenvalue weighted by Gasteiger charge is -2.29. The molecule has 296 valence electrons. The molecule has 2 aromatic carbocycles. The van der Waals surface area contributed by atoms with E-state index >= 15 is 0 Å². The molecule has 0 amide bonds. The summed E-state index contributed by atoms with van der Waals surface area (Å²) in [6.07, 6.45) is 34.3. The Morgan fingerprint density at radius 3 is 1.22 bits per heavy atom. The van der Waals surface area contributed by atoms with Gasteiger partial charge in [0.1, 0.15) is 23.1 Å². The van der Waals surface area contributed by atoms with E-state index in [9.17, 15) is 0 Å². The Labute approximate surface area is 334 Å². The van der Waals surface area contributed by atoms with Crippen LogP contribution in [0.15, 0.2) is 61.2 Å². The molecule has 0 aliphatic heterocycles. The summed E-state index contributed by atoms with van der Waals surface area (Å²) in [5.41, 5.74) is 8.17. The molecule has 0 radical (unpaired) electrons. The lowest BCUT2D eigenvalue weighted by Crippen LogP contribution is -2.18. The number of nitrogens with zero attached hydrogens (tertiary/aromatic N) is 4. The van der Waals surface area contributed by atoms with Crippen LogP contribution in [-0.4, -0.2) is 19.9 Å². The van der Waals surface area contributed by atoms with Crippen molar-refractivity contribution < 1.29 is 4.74 Å². The largest absolute Gasteiger partial charge is 0.457 e. The summed E-state index contributed by atoms with van der Waals surface area (Å²) in [4.78, 5) is 19.4. The molecule has 2 fully saturated rings. The van der Waals surface area contributed by atoms with E-state index in [0.29, 0.717) is 23.7 Å². The second-order valence-corrected chi connectivity index (χ2v) is 17.1. The highest BCUT2D eigenvalue weighted by Gasteiger charge is 2.27. The van der Waals surface area contributed by atoms with Crippen molar-refractivity contribution in [2.75, 3.05) is 0 Å². The first-order valence-corrected chi connectivity index (χ1v) is 22.6. The monoisotopic (exact) mass is 743 g/mol. The minimum atomic E-state index is 0.482. The van der Waals surface area contributed by atoms with Crippen molar-refractivity contribution in [1.29, 1.82) is 0 Å². The molecule has 4 aromatic rings. The van der Waals surface area contributed by atoms with E-state index in [1.807, 2.05) is 0 Å². The Bertz CT molecular complexity index is 1570. The van der Waals surface area contributed by atoms with Gasteiger partial charge in [-0.15, -0.1) is 0 Å². The third-order valence-electron chi connectivity index (χ3n) is 12.6. The predicted molar refractivity (Wildman–Crippen MR) is 228 cm³/mol. The Morgan fingerprint density at radius 2 is 0.855 bits per heavy atom. The van der Waals surface area contributed by atoms with Crippen LogP contribution in [0, 0.1) is 11.8 Å². The minimum Gasteiger partial charge on any atom is -0.457 e. The zero-order chi connectivity index (χ0) is 38.2. The van der Waals surface area contributed by atoms with Crippen LogP contribution in [0.2, 0.25) is 0 Å². The lowest BCUT2D eigenvalue weighted by molar-refractivity contribution is 0.312. The van der Waals surface area contributed by atoms with E-state index in [1.54, 1.807) is 0 Å². The van der Waals surface area contributed by atoms with E-state index in [-0.39, 0.29) is 0 Å². The van der Waals surface area contributed by atoms with Gasteiger partial charge in [-0.1, -0.05) is 90.5 Å². The van der Waals surface area contributed by atoms with Crippen molar-refractivity contribution >= 4 is 0 Å². The molecule has 2 aromatic heterocycles. The van der Waals surface area contributed by atoms with Crippen LogP contribution in [0.4, 0.5) is 0 Å². The summed E-state index contributed by atoms with van der Waals surface area (Å²) in [6, 6.07) is 14.1. The van der Waals surface area contributed by atoms with Gasteiger partial charge in [0.2, 0.25) is 0 Å². The fraction of sp³-hybridized carbons (Fsp3) is 0.600. The standard InChI is InChI=1S/C50H70N4O/c1-5-9-11-15-41-33-51-49(52-34-41)43-23-17-39(18-24-43)31-45-29-37(13-7-3)21-27-47(45)55-48-28-22-38(14-8-4)30-46(48)32-40-19-25-44(26-20-40)50-53-35-42(36-54-50)16-12-10-6-2/h21-22,27-30,33-36,39-40,43-44H,5-20,23-26,31-32H2,1-4H3/t39-,40-,43-,44-. The molecule has 0 unspecified atom stereocenters. The zero-order valence-electron chi connectivity index (χ0n) is 34.8. The highest BCUT2D eigenvalue weighted by atomic mass is 16.5. The molecule has 0 atom stereocenters. The van der Waals surface area contributed by atoms with Crippen molar-refractivity contribution in [3.05, 3.63) is 106 Å². The zero-order valence-corrected chi connectivity index (χ0v) is 34.8. The number of unbranched alkanes of at least 4 members (excludes halogenated alkanes) is 4. The second kappa shape index (κ2) is 21.6. The third-order valence-corrected chi connectivity index (χ3v) is 12.6. The highest BCUT2D eigenvalue weighted by Crippen LogP contribution is 2.41. The Kier molecular flexibility index (Phi) is 16.1. The number of hydrogen-bond donors (Lipinski definition) is 0. The SMILES string of the molecule is CCCCCc1cnc([C@H]2CC[C@H](Cc3cc(CCC)ccc3Oc3ccc(CCC)cc3C[C@H]3CC[C@H](c4ncc(CCCCC)cn4)CC3)CC2)nc1. The second-order valence-electron chi connectivity index (χ2n) is 17.1. The number of ether oxygens (including phenoxy) is 1. The molecule has 5 nitrogen and oxygen atoms in total. The summed E-state index contributed by atoms with van der Waals surface area (Å²) in [6.45, 7) is 9.07. The van der Waals surface area contributed by atoms with Gasteiger partial charge in [0.25, 0.3) is 0 Å². The molecule has 0 bridgehead atoms. The normalized spacial score (nSPS) is 20.1. The maximum absolute atomic E-state index is 7.02. The van der Waals surface area contributed by atoms with Crippen LogP contribution < -0.4 is 4.74 Å². The van der Waals surface area contributed by atoms with Crippen molar-refractivity contribution in [1.82, 2.24) is 19.9 Å². The molecule has 0 N–H and O–H groups in total. The summed E-state index contributed by atoms with van der Waals surface area (Å²) >= 11 is 0. The molecular weight excluding hydrogens is 673 g/mol. The van der Waals surface area contributed by atoms with E-state index in [4.69, 9.17) is 24.7 Å². The number of benzene rings is 2. The van der Waals surface area contributed by atoms with Crippen LogP contribution in [0.5, 0.6) is 11.5 Å². The smallest absolute Gasteiger partial charge is 0.131 e. The van der Waals surface area contributed by atoms with E-state index in [1.165, 1.54) is 123 Å². The van der Waals surface area contributed by atoms with E-state index in [0.717, 1.165) is 74.5 Å². The van der Waals surface area contributed by atoms with Gasteiger partial charge in [-0.2, -0.15) is 0 Å². The summed E-state index contributed by atoms with van der Waals surface area (Å²) in [5, 5.41) is 0. The third kappa shape index (κ3) is 12.2. The van der Waals surface area contributed by atoms with Gasteiger partial charge in [-0.3, -0.25) is 0 Å². The van der Waals surface area contributed by atoms with Gasteiger partial charge in [0.15, 0.2) is 0 Å². The molecule has 5 heteroatoms. The molecule has 2 heterocycles. The van der Waals surface area contributed by atoms with Gasteiger partial charge in [-0.05, 0) is 160 Å². The van der Waals surface area contributed by atoms with Gasteiger partial charge in [-0.25, -0.2) is 19.9 Å². The van der Waals surface area contributed by atoms with Crippen LogP contribution in [0.3, 0.4) is 0 Å². The van der Waals surface area contributed by atoms with Crippen molar-refractivity contribution in [2.24, 2.45) is 11.8 Å². The van der Waals surface area contributed by atoms with Crippen molar-refractivity contribution in [2.45, 2.75) is 181 Å². The topological polar surface area (TPSA) is 60.8 Å². The first kappa shape index (κ1) is 41.0. The fourth-order valence-corrected chi connectivity index (χ4v) is 9.23. The van der Waals surface area contributed by atoms with Gasteiger partial charge in [0.05, 0.1) is 0 Å². The average molecular weight is 743 g/mol. The summed E-state index contributed by atoms with van der Waals surface area (Å²) < 4.78 is 7.02. The van der Waals surface area contributed by atoms with Crippen molar-refractivity contribution in [3.8, 4) is 11.5 Å². The fourth-order valence-electron chi connectivity index (χ4n) is 9.23. The van der Waals surface area contributed by atoms with Crippen LogP contribution >= 0.6 is 0 Å². The molecular formula is C50H70N4O. The molecule has 2 aliphatic rings. The van der Waals surface area contributed by atoms with Gasteiger partial charge < -0.3 is 4.74 Å². The Hall–Kier alpha value is -3.60. The number of hydrogen-bond acceptors (Lipinski definition) is 5. The van der Waals surface area contributed by atoms with Crippen LogP contribution in [-0.2, 0) is 38.5 Å². The molecule has 6 rings (SSSR count). The minimum absolute atomic E-state index is 0.482.